The summed E-state index contributed by atoms with van der Waals surface area (Å²) in [4.78, 5) is 24.6. The fourth-order valence-electron chi connectivity index (χ4n) is 2.65. The fourth-order valence-corrected chi connectivity index (χ4v) is 2.65. The maximum atomic E-state index is 12.7. The van der Waals surface area contributed by atoms with Gasteiger partial charge >= 0.3 is 0 Å². The Morgan fingerprint density at radius 2 is 2.08 bits per heavy atom. The van der Waals surface area contributed by atoms with Crippen LogP contribution in [0.15, 0.2) is 48.8 Å². The molecule has 26 heavy (non-hydrogen) atoms. The summed E-state index contributed by atoms with van der Waals surface area (Å²) >= 11 is 0. The number of hydrogen-bond acceptors (Lipinski definition) is 6. The van der Waals surface area contributed by atoms with Crippen LogP contribution < -0.4 is 0 Å². The number of benzene rings is 2. The van der Waals surface area contributed by atoms with Gasteiger partial charge in [-0.2, -0.15) is 0 Å². The van der Waals surface area contributed by atoms with Crippen molar-refractivity contribution in [1.82, 2.24) is 25.1 Å². The van der Waals surface area contributed by atoms with Gasteiger partial charge in [0.05, 0.1) is 10.6 Å². The van der Waals surface area contributed by atoms with Gasteiger partial charge in [0.25, 0.3) is 11.6 Å². The summed E-state index contributed by atoms with van der Waals surface area (Å²) in [6, 6.07) is 11.5. The SMILES string of the molecule is Cc1cc(C(=O)N(C)Cc2cccc([N+](=O)[O-])c2)ccc1-n1cnnn1. The molecule has 1 aromatic heterocycles. The molecule has 1 amide bonds. The maximum Gasteiger partial charge on any atom is 0.269 e. The molecule has 0 spiro atoms. The van der Waals surface area contributed by atoms with Crippen molar-refractivity contribution < 1.29 is 9.72 Å². The van der Waals surface area contributed by atoms with Crippen LogP contribution in [0, 0.1) is 17.0 Å². The number of nitro benzene ring substituents is 1. The lowest BCUT2D eigenvalue weighted by atomic mass is 10.1. The predicted octanol–water partition coefficient (Wildman–Crippen LogP) is 2.15. The van der Waals surface area contributed by atoms with E-state index in [-0.39, 0.29) is 18.1 Å². The second-order valence-corrected chi connectivity index (χ2v) is 5.84. The summed E-state index contributed by atoms with van der Waals surface area (Å²) < 4.78 is 1.52. The van der Waals surface area contributed by atoms with E-state index in [1.54, 1.807) is 37.4 Å². The van der Waals surface area contributed by atoms with Crippen LogP contribution in [0.4, 0.5) is 5.69 Å². The standard InChI is InChI=1S/C17H16N6O3/c1-12-8-14(6-7-16(12)22-11-18-19-20-22)17(24)21(2)10-13-4-3-5-15(9-13)23(25)26/h3-9,11H,10H2,1-2H3. The highest BCUT2D eigenvalue weighted by molar-refractivity contribution is 5.94. The molecule has 0 aliphatic carbocycles. The number of tetrazole rings is 1. The quantitative estimate of drug-likeness (QED) is 0.514. The van der Waals surface area contributed by atoms with Crippen LogP contribution in [-0.2, 0) is 6.54 Å². The van der Waals surface area contributed by atoms with Crippen molar-refractivity contribution in [1.29, 1.82) is 0 Å². The highest BCUT2D eigenvalue weighted by Gasteiger charge is 2.15. The zero-order valence-corrected chi connectivity index (χ0v) is 14.2. The van der Waals surface area contributed by atoms with Gasteiger partial charge in [0.15, 0.2) is 0 Å². The second kappa shape index (κ2) is 7.09. The molecular weight excluding hydrogens is 336 g/mol. The highest BCUT2D eigenvalue weighted by atomic mass is 16.6. The highest BCUT2D eigenvalue weighted by Crippen LogP contribution is 2.18. The number of aromatic nitrogens is 4. The Bertz CT molecular complexity index is 955. The van der Waals surface area contributed by atoms with Gasteiger partial charge in [-0.05, 0) is 46.7 Å². The van der Waals surface area contributed by atoms with Gasteiger partial charge in [-0.25, -0.2) is 4.68 Å². The largest absolute Gasteiger partial charge is 0.337 e. The lowest BCUT2D eigenvalue weighted by Crippen LogP contribution is -2.26. The van der Waals surface area contributed by atoms with E-state index in [0.717, 1.165) is 11.3 Å². The molecule has 132 valence electrons. The Balaban J connectivity index is 1.77. The van der Waals surface area contributed by atoms with E-state index in [2.05, 4.69) is 15.5 Å². The zero-order valence-electron chi connectivity index (χ0n) is 14.2. The Labute approximate surface area is 149 Å². The van der Waals surface area contributed by atoms with Gasteiger partial charge in [-0.3, -0.25) is 14.9 Å². The van der Waals surface area contributed by atoms with Crippen LogP contribution >= 0.6 is 0 Å². The number of hydrogen-bond donors (Lipinski definition) is 0. The van der Waals surface area contributed by atoms with Crippen molar-refractivity contribution in [2.24, 2.45) is 0 Å². The number of nitro groups is 1. The van der Waals surface area contributed by atoms with E-state index in [4.69, 9.17) is 0 Å². The minimum absolute atomic E-state index is 0.00462. The van der Waals surface area contributed by atoms with Gasteiger partial charge in [0, 0.05) is 31.3 Å². The molecule has 0 saturated carbocycles. The molecule has 0 fully saturated rings. The normalized spacial score (nSPS) is 10.5. The van der Waals surface area contributed by atoms with Crippen molar-refractivity contribution >= 4 is 11.6 Å². The molecule has 1 heterocycles. The first-order chi connectivity index (χ1) is 12.5. The van der Waals surface area contributed by atoms with Gasteiger partial charge in [0.1, 0.15) is 6.33 Å². The minimum atomic E-state index is -0.452. The van der Waals surface area contributed by atoms with Crippen molar-refractivity contribution in [3.8, 4) is 5.69 Å². The van der Waals surface area contributed by atoms with Crippen LogP contribution in [0.1, 0.15) is 21.5 Å². The number of non-ortho nitro benzene ring substituents is 1. The minimum Gasteiger partial charge on any atom is -0.337 e. The number of carbonyl (C=O) groups excluding carboxylic acids is 1. The van der Waals surface area contributed by atoms with Crippen molar-refractivity contribution in [3.05, 3.63) is 75.6 Å². The molecule has 9 nitrogen and oxygen atoms in total. The van der Waals surface area contributed by atoms with Crippen LogP contribution in [0.5, 0.6) is 0 Å². The van der Waals surface area contributed by atoms with Crippen molar-refractivity contribution in [3.63, 3.8) is 0 Å². The zero-order chi connectivity index (χ0) is 18.7. The molecule has 3 aromatic rings. The van der Waals surface area contributed by atoms with Crippen LogP contribution in [0.2, 0.25) is 0 Å². The number of rotatable bonds is 5. The summed E-state index contributed by atoms with van der Waals surface area (Å²) in [6.45, 7) is 2.14. The molecule has 0 saturated heterocycles. The Morgan fingerprint density at radius 3 is 2.73 bits per heavy atom. The first kappa shape index (κ1) is 17.2. The van der Waals surface area contributed by atoms with Crippen LogP contribution in [-0.4, -0.2) is 43.0 Å². The number of nitrogens with zero attached hydrogens (tertiary/aromatic N) is 6. The predicted molar refractivity (Wildman–Crippen MR) is 92.8 cm³/mol. The Hall–Kier alpha value is -3.62. The Morgan fingerprint density at radius 1 is 1.27 bits per heavy atom. The van der Waals surface area contributed by atoms with Gasteiger partial charge in [-0.15, -0.1) is 5.10 Å². The number of carbonyl (C=O) groups is 1. The average Bonchev–Trinajstić information content (AvgIpc) is 3.15. The van der Waals surface area contributed by atoms with Crippen molar-refractivity contribution in [2.45, 2.75) is 13.5 Å². The molecule has 0 aliphatic heterocycles. The molecule has 3 rings (SSSR count). The molecule has 0 N–H and O–H groups in total. The second-order valence-electron chi connectivity index (χ2n) is 5.84. The third-order valence-corrected chi connectivity index (χ3v) is 3.93. The van der Waals surface area contributed by atoms with Gasteiger partial charge in [0.2, 0.25) is 0 Å². The van der Waals surface area contributed by atoms with E-state index in [1.807, 2.05) is 6.92 Å². The lowest BCUT2D eigenvalue weighted by Gasteiger charge is -2.18. The molecular formula is C17H16N6O3. The molecule has 0 unspecified atom stereocenters. The summed E-state index contributed by atoms with van der Waals surface area (Å²) in [6.07, 6.45) is 1.48. The Kier molecular flexibility index (Phi) is 4.70. The summed E-state index contributed by atoms with van der Waals surface area (Å²) in [5.41, 5.74) is 2.86. The summed E-state index contributed by atoms with van der Waals surface area (Å²) in [7, 11) is 1.66. The smallest absolute Gasteiger partial charge is 0.269 e. The average molecular weight is 352 g/mol. The first-order valence-electron chi connectivity index (χ1n) is 7.78. The number of aryl methyl sites for hydroxylation is 1. The lowest BCUT2D eigenvalue weighted by molar-refractivity contribution is -0.384. The van der Waals surface area contributed by atoms with Crippen molar-refractivity contribution in [2.75, 3.05) is 7.05 Å². The number of amides is 1. The third-order valence-electron chi connectivity index (χ3n) is 3.93. The van der Waals surface area contributed by atoms with E-state index in [1.165, 1.54) is 28.0 Å². The fraction of sp³-hybridized carbons (Fsp3) is 0.176. The molecule has 2 aromatic carbocycles. The molecule has 0 bridgehead atoms. The molecule has 0 aliphatic rings. The van der Waals surface area contributed by atoms with Gasteiger partial charge in [-0.1, -0.05) is 12.1 Å². The van der Waals surface area contributed by atoms with E-state index in [0.29, 0.717) is 11.1 Å². The molecule has 0 radical (unpaired) electrons. The molecule has 9 heteroatoms. The monoisotopic (exact) mass is 352 g/mol. The van der Waals surface area contributed by atoms with E-state index in [9.17, 15) is 14.9 Å². The molecule has 0 atom stereocenters. The van der Waals surface area contributed by atoms with E-state index >= 15 is 0 Å². The van der Waals surface area contributed by atoms with Crippen LogP contribution in [0.3, 0.4) is 0 Å². The van der Waals surface area contributed by atoms with Gasteiger partial charge < -0.3 is 4.90 Å². The first-order valence-corrected chi connectivity index (χ1v) is 7.78. The summed E-state index contributed by atoms with van der Waals surface area (Å²) in [5.74, 6) is -0.178. The third kappa shape index (κ3) is 3.56. The summed E-state index contributed by atoms with van der Waals surface area (Å²) in [5, 5.41) is 21.9. The van der Waals surface area contributed by atoms with E-state index < -0.39 is 4.92 Å². The van der Waals surface area contributed by atoms with Crippen LogP contribution in [0.25, 0.3) is 5.69 Å². The topological polar surface area (TPSA) is 107 Å². The maximum absolute atomic E-state index is 12.7.